The summed E-state index contributed by atoms with van der Waals surface area (Å²) in [5.41, 5.74) is 1.77. The molecule has 0 aliphatic carbocycles. The predicted octanol–water partition coefficient (Wildman–Crippen LogP) is 2.98. The average molecular weight is 506 g/mol. The zero-order chi connectivity index (χ0) is 24.1. The van der Waals surface area contributed by atoms with Gasteiger partial charge in [0.15, 0.2) is 0 Å². The summed E-state index contributed by atoms with van der Waals surface area (Å²) in [6, 6.07) is 5.75. The van der Waals surface area contributed by atoms with E-state index >= 15 is 0 Å². The summed E-state index contributed by atoms with van der Waals surface area (Å²) >= 11 is 13.2. The van der Waals surface area contributed by atoms with Gasteiger partial charge < -0.3 is 20.6 Å². The van der Waals surface area contributed by atoms with Gasteiger partial charge in [0, 0.05) is 30.5 Å². The van der Waals surface area contributed by atoms with Crippen LogP contribution in [0.25, 0.3) is 0 Å². The molecule has 7 nitrogen and oxygen atoms in total. The van der Waals surface area contributed by atoms with Crippen LogP contribution in [-0.4, -0.2) is 71.8 Å². The van der Waals surface area contributed by atoms with Crippen molar-refractivity contribution in [3.63, 3.8) is 0 Å². The Bertz CT molecular complexity index is 728. The number of amides is 2. The Balaban J connectivity index is 2.76. The highest BCUT2D eigenvalue weighted by atomic mass is 35.5. The van der Waals surface area contributed by atoms with Crippen LogP contribution >= 0.6 is 35.0 Å². The quantitative estimate of drug-likeness (QED) is 0.317. The van der Waals surface area contributed by atoms with Crippen LogP contribution in [-0.2, 0) is 20.8 Å². The van der Waals surface area contributed by atoms with E-state index in [1.54, 1.807) is 13.8 Å². The van der Waals surface area contributed by atoms with Gasteiger partial charge in [-0.1, -0.05) is 26.0 Å². The number of nitrogens with one attached hydrogen (secondary N) is 2. The minimum absolute atomic E-state index is 0.108. The smallest absolute Gasteiger partial charge is 0.326 e. The van der Waals surface area contributed by atoms with E-state index in [0.717, 1.165) is 11.3 Å². The minimum Gasteiger partial charge on any atom is -0.480 e. The molecular formula is C22H33Cl2N3O4S. The molecule has 0 spiro atoms. The van der Waals surface area contributed by atoms with Crippen LogP contribution in [0.15, 0.2) is 24.3 Å². The van der Waals surface area contributed by atoms with Crippen molar-refractivity contribution < 1.29 is 19.5 Å². The first-order valence-corrected chi connectivity index (χ1v) is 13.0. The van der Waals surface area contributed by atoms with Crippen molar-refractivity contribution in [3.8, 4) is 0 Å². The molecule has 2 atom stereocenters. The Hall–Kier alpha value is -1.64. The summed E-state index contributed by atoms with van der Waals surface area (Å²) in [5, 5.41) is 14.6. The van der Waals surface area contributed by atoms with Crippen molar-refractivity contribution >= 4 is 58.4 Å². The van der Waals surface area contributed by atoms with E-state index in [1.165, 1.54) is 11.8 Å². The molecule has 0 unspecified atom stereocenters. The molecule has 2 amide bonds. The van der Waals surface area contributed by atoms with Crippen LogP contribution in [0.3, 0.4) is 0 Å². The molecule has 3 N–H and O–H groups in total. The van der Waals surface area contributed by atoms with Crippen molar-refractivity contribution in [1.82, 2.24) is 10.6 Å². The summed E-state index contributed by atoms with van der Waals surface area (Å²) < 4.78 is 0. The number of halogens is 2. The summed E-state index contributed by atoms with van der Waals surface area (Å²) in [6.45, 7) is 4.96. The van der Waals surface area contributed by atoms with Gasteiger partial charge in [0.05, 0.1) is 6.42 Å². The summed E-state index contributed by atoms with van der Waals surface area (Å²) in [4.78, 5) is 38.8. The first-order valence-electron chi connectivity index (χ1n) is 10.5. The van der Waals surface area contributed by atoms with E-state index in [0.29, 0.717) is 37.0 Å². The molecule has 32 heavy (non-hydrogen) atoms. The van der Waals surface area contributed by atoms with Crippen LogP contribution in [0, 0.1) is 5.92 Å². The lowest BCUT2D eigenvalue weighted by Crippen LogP contribution is -2.54. The molecule has 0 heterocycles. The van der Waals surface area contributed by atoms with Gasteiger partial charge in [-0.2, -0.15) is 11.8 Å². The minimum atomic E-state index is -1.08. The topological polar surface area (TPSA) is 98.7 Å². The van der Waals surface area contributed by atoms with Crippen LogP contribution < -0.4 is 15.5 Å². The summed E-state index contributed by atoms with van der Waals surface area (Å²) in [7, 11) is 0. The van der Waals surface area contributed by atoms with Gasteiger partial charge in [-0.3, -0.25) is 9.59 Å². The molecular weight excluding hydrogens is 473 g/mol. The fraction of sp³-hybridized carbons (Fsp3) is 0.591. The zero-order valence-corrected chi connectivity index (χ0v) is 21.1. The molecule has 0 saturated heterocycles. The molecule has 0 aliphatic rings. The highest BCUT2D eigenvalue weighted by Crippen LogP contribution is 2.16. The van der Waals surface area contributed by atoms with E-state index in [1.807, 2.05) is 30.5 Å². The van der Waals surface area contributed by atoms with E-state index in [4.69, 9.17) is 23.2 Å². The number of anilines is 1. The number of aliphatic carboxylic acids is 1. The van der Waals surface area contributed by atoms with Gasteiger partial charge in [0.25, 0.3) is 0 Å². The van der Waals surface area contributed by atoms with Gasteiger partial charge in [0.1, 0.15) is 12.1 Å². The molecule has 180 valence electrons. The first-order chi connectivity index (χ1) is 15.2. The number of nitrogens with zero attached hydrogens (tertiary/aromatic N) is 1. The van der Waals surface area contributed by atoms with Crippen molar-refractivity contribution in [2.75, 3.05) is 41.8 Å². The molecule has 0 fully saturated rings. The molecule has 0 aliphatic heterocycles. The summed E-state index contributed by atoms with van der Waals surface area (Å²) in [5.74, 6) is -0.496. The lowest BCUT2D eigenvalue weighted by Gasteiger charge is -2.24. The average Bonchev–Trinajstić information content (AvgIpc) is 2.74. The van der Waals surface area contributed by atoms with E-state index in [-0.39, 0.29) is 18.2 Å². The molecule has 0 radical (unpaired) electrons. The Kier molecular flexibility index (Phi) is 13.5. The number of rotatable bonds is 15. The molecule has 10 heteroatoms. The van der Waals surface area contributed by atoms with Crippen molar-refractivity contribution in [1.29, 1.82) is 0 Å². The number of alkyl halides is 2. The maximum atomic E-state index is 12.7. The standard InChI is InChI=1S/C22H33Cl2N3O4S/c1-15(2)20(21(29)25-18(22(30)31)8-13-32-3)26-19(28)14-16-4-6-17(7-5-16)27(11-9-23)12-10-24/h4-7,15,18,20H,8-14H2,1-3H3,(H,25,29)(H,26,28)(H,30,31)/t18-,20+/m0/s1. The molecule has 1 aromatic rings. The second kappa shape index (κ2) is 15.2. The third-order valence-corrected chi connectivity index (χ3v) is 5.85. The number of carbonyl (C=O) groups excluding carboxylic acids is 2. The highest BCUT2D eigenvalue weighted by Gasteiger charge is 2.28. The third-order valence-electron chi connectivity index (χ3n) is 4.87. The largest absolute Gasteiger partial charge is 0.480 e. The monoisotopic (exact) mass is 505 g/mol. The Labute approximate surface area is 204 Å². The first kappa shape index (κ1) is 28.4. The number of hydrogen-bond donors (Lipinski definition) is 3. The van der Waals surface area contributed by atoms with Gasteiger partial charge in [-0.25, -0.2) is 4.79 Å². The molecule has 0 saturated carbocycles. The predicted molar refractivity (Wildman–Crippen MR) is 133 cm³/mol. The Morgan fingerprint density at radius 3 is 2.12 bits per heavy atom. The fourth-order valence-corrected chi connectivity index (χ4v) is 3.98. The molecule has 0 aromatic heterocycles. The lowest BCUT2D eigenvalue weighted by molar-refractivity contribution is -0.142. The normalized spacial score (nSPS) is 12.8. The van der Waals surface area contributed by atoms with E-state index in [2.05, 4.69) is 15.5 Å². The third kappa shape index (κ3) is 9.88. The van der Waals surface area contributed by atoms with E-state index in [9.17, 15) is 19.5 Å². The van der Waals surface area contributed by atoms with Gasteiger partial charge in [-0.15, -0.1) is 23.2 Å². The number of carboxylic acids is 1. The van der Waals surface area contributed by atoms with Gasteiger partial charge in [0.2, 0.25) is 11.8 Å². The lowest BCUT2D eigenvalue weighted by atomic mass is 10.0. The van der Waals surface area contributed by atoms with Crippen LogP contribution in [0.2, 0.25) is 0 Å². The Morgan fingerprint density at radius 2 is 1.66 bits per heavy atom. The molecule has 1 aromatic carbocycles. The molecule has 0 bridgehead atoms. The number of benzene rings is 1. The van der Waals surface area contributed by atoms with Gasteiger partial charge >= 0.3 is 5.97 Å². The highest BCUT2D eigenvalue weighted by molar-refractivity contribution is 7.98. The second-order valence-electron chi connectivity index (χ2n) is 7.68. The number of carboxylic acid groups (broad SMARTS) is 1. The maximum absolute atomic E-state index is 12.7. The van der Waals surface area contributed by atoms with Crippen LogP contribution in [0.1, 0.15) is 25.8 Å². The number of carbonyl (C=O) groups is 3. The van der Waals surface area contributed by atoms with Crippen LogP contribution in [0.5, 0.6) is 0 Å². The Morgan fingerprint density at radius 1 is 1.06 bits per heavy atom. The number of thioether (sulfide) groups is 1. The SMILES string of the molecule is CSCC[C@H](NC(=O)[C@H](NC(=O)Cc1ccc(N(CCCl)CCCl)cc1)C(C)C)C(=O)O. The maximum Gasteiger partial charge on any atom is 0.326 e. The van der Waals surface area contributed by atoms with E-state index < -0.39 is 24.0 Å². The van der Waals surface area contributed by atoms with Crippen molar-refractivity contribution in [2.24, 2.45) is 5.92 Å². The molecule has 1 rings (SSSR count). The summed E-state index contributed by atoms with van der Waals surface area (Å²) in [6.07, 6.45) is 2.30. The van der Waals surface area contributed by atoms with Crippen molar-refractivity contribution in [3.05, 3.63) is 29.8 Å². The van der Waals surface area contributed by atoms with Gasteiger partial charge in [-0.05, 0) is 42.0 Å². The fourth-order valence-electron chi connectivity index (χ4n) is 3.10. The zero-order valence-electron chi connectivity index (χ0n) is 18.8. The second-order valence-corrected chi connectivity index (χ2v) is 9.42. The van der Waals surface area contributed by atoms with Crippen molar-refractivity contribution in [2.45, 2.75) is 38.8 Å². The number of hydrogen-bond acceptors (Lipinski definition) is 5. The van der Waals surface area contributed by atoms with Crippen LogP contribution in [0.4, 0.5) is 5.69 Å².